The fourth-order valence-electron chi connectivity index (χ4n) is 2.98. The summed E-state index contributed by atoms with van der Waals surface area (Å²) >= 11 is 0. The standard InChI is InChI=1S/C14H17NO4S/c1-19-13(16)10-3-4-11-12(7-10)20(17,18)9-14(8-15-11)5-2-6-14/h3-4,7,15H,2,5-6,8-9H2,1H3. The van der Waals surface area contributed by atoms with E-state index >= 15 is 0 Å². The number of methoxy groups -OCH3 is 1. The van der Waals surface area contributed by atoms with E-state index in [0.29, 0.717) is 12.2 Å². The number of benzene rings is 1. The Hall–Kier alpha value is -1.56. The fraction of sp³-hybridized carbons (Fsp3) is 0.500. The zero-order chi connectivity index (χ0) is 14.4. The van der Waals surface area contributed by atoms with E-state index < -0.39 is 15.8 Å². The second-order valence-corrected chi connectivity index (χ2v) is 7.63. The van der Waals surface area contributed by atoms with Crippen LogP contribution in [0.4, 0.5) is 5.69 Å². The molecule has 1 fully saturated rings. The van der Waals surface area contributed by atoms with Gasteiger partial charge in [-0.15, -0.1) is 0 Å². The molecule has 0 radical (unpaired) electrons. The van der Waals surface area contributed by atoms with Gasteiger partial charge >= 0.3 is 5.97 Å². The highest BCUT2D eigenvalue weighted by Gasteiger charge is 2.43. The number of nitrogens with one attached hydrogen (secondary N) is 1. The average Bonchev–Trinajstić information content (AvgIpc) is 2.52. The number of carbonyl (C=O) groups is 1. The molecule has 1 spiro atoms. The Bertz CT molecular complexity index is 662. The van der Waals surface area contributed by atoms with Gasteiger partial charge in [0.05, 0.1) is 29.0 Å². The van der Waals surface area contributed by atoms with E-state index in [1.54, 1.807) is 12.1 Å². The summed E-state index contributed by atoms with van der Waals surface area (Å²) in [6, 6.07) is 4.66. The first-order valence-corrected chi connectivity index (χ1v) is 8.30. The van der Waals surface area contributed by atoms with Crippen LogP contribution in [0.3, 0.4) is 0 Å². The topological polar surface area (TPSA) is 72.5 Å². The van der Waals surface area contributed by atoms with Crippen molar-refractivity contribution in [3.05, 3.63) is 23.8 Å². The Morgan fingerprint density at radius 3 is 2.70 bits per heavy atom. The molecule has 1 aromatic carbocycles. The maximum Gasteiger partial charge on any atom is 0.337 e. The number of hydrogen-bond donors (Lipinski definition) is 1. The molecule has 0 unspecified atom stereocenters. The lowest BCUT2D eigenvalue weighted by atomic mass is 9.70. The van der Waals surface area contributed by atoms with Crippen molar-refractivity contribution < 1.29 is 17.9 Å². The summed E-state index contributed by atoms with van der Waals surface area (Å²) in [5, 5.41) is 3.23. The van der Waals surface area contributed by atoms with Gasteiger partial charge in [0.2, 0.25) is 0 Å². The third-order valence-corrected chi connectivity index (χ3v) is 6.30. The summed E-state index contributed by atoms with van der Waals surface area (Å²) in [6.07, 6.45) is 2.97. The summed E-state index contributed by atoms with van der Waals surface area (Å²) in [7, 11) is -2.10. The molecule has 5 nitrogen and oxygen atoms in total. The predicted octanol–water partition coefficient (Wildman–Crippen LogP) is 1.84. The van der Waals surface area contributed by atoms with Crippen molar-refractivity contribution in [2.24, 2.45) is 5.41 Å². The van der Waals surface area contributed by atoms with Crippen LogP contribution in [0.25, 0.3) is 0 Å². The number of sulfone groups is 1. The zero-order valence-electron chi connectivity index (χ0n) is 11.3. The van der Waals surface area contributed by atoms with E-state index in [2.05, 4.69) is 10.1 Å². The highest BCUT2D eigenvalue weighted by Crippen LogP contribution is 2.45. The van der Waals surface area contributed by atoms with Crippen LogP contribution in [0.15, 0.2) is 23.1 Å². The normalized spacial score (nSPS) is 22.1. The molecular weight excluding hydrogens is 278 g/mol. The number of fused-ring (bicyclic) bond motifs is 1. The number of rotatable bonds is 1. The van der Waals surface area contributed by atoms with Gasteiger partial charge in [-0.1, -0.05) is 6.42 Å². The third-order valence-electron chi connectivity index (χ3n) is 4.30. The van der Waals surface area contributed by atoms with Crippen LogP contribution in [0.5, 0.6) is 0 Å². The van der Waals surface area contributed by atoms with Crippen LogP contribution in [-0.2, 0) is 14.6 Å². The minimum absolute atomic E-state index is 0.136. The van der Waals surface area contributed by atoms with E-state index in [9.17, 15) is 13.2 Å². The molecule has 1 aromatic rings. The van der Waals surface area contributed by atoms with Gasteiger partial charge in [-0.2, -0.15) is 0 Å². The number of anilines is 1. The number of carbonyl (C=O) groups excluding carboxylic acids is 1. The lowest BCUT2D eigenvalue weighted by Gasteiger charge is -2.40. The summed E-state index contributed by atoms with van der Waals surface area (Å²) in [5.41, 5.74) is 0.714. The Morgan fingerprint density at radius 2 is 2.10 bits per heavy atom. The van der Waals surface area contributed by atoms with Crippen molar-refractivity contribution in [3.8, 4) is 0 Å². The quantitative estimate of drug-likeness (QED) is 0.800. The second kappa shape index (κ2) is 4.48. The second-order valence-electron chi connectivity index (χ2n) is 5.67. The monoisotopic (exact) mass is 295 g/mol. The van der Waals surface area contributed by atoms with Crippen molar-refractivity contribution in [2.45, 2.75) is 24.2 Å². The molecule has 1 aliphatic carbocycles. The Morgan fingerprint density at radius 1 is 1.35 bits per heavy atom. The first-order valence-electron chi connectivity index (χ1n) is 6.65. The molecule has 0 bridgehead atoms. The van der Waals surface area contributed by atoms with Crippen LogP contribution < -0.4 is 5.32 Å². The minimum Gasteiger partial charge on any atom is -0.465 e. The first-order chi connectivity index (χ1) is 9.46. The van der Waals surface area contributed by atoms with Gasteiger partial charge in [-0.25, -0.2) is 13.2 Å². The molecule has 2 aliphatic rings. The van der Waals surface area contributed by atoms with Crippen molar-refractivity contribution in [2.75, 3.05) is 24.7 Å². The van der Waals surface area contributed by atoms with E-state index in [1.165, 1.54) is 13.2 Å². The molecule has 3 rings (SSSR count). The van der Waals surface area contributed by atoms with Crippen LogP contribution in [0.1, 0.15) is 29.6 Å². The molecule has 1 N–H and O–H groups in total. The molecule has 1 heterocycles. The largest absolute Gasteiger partial charge is 0.465 e. The van der Waals surface area contributed by atoms with Gasteiger partial charge in [-0.3, -0.25) is 0 Å². The Balaban J connectivity index is 2.06. The van der Waals surface area contributed by atoms with Gasteiger partial charge < -0.3 is 10.1 Å². The van der Waals surface area contributed by atoms with Gasteiger partial charge in [0.25, 0.3) is 0 Å². The van der Waals surface area contributed by atoms with Crippen molar-refractivity contribution >= 4 is 21.5 Å². The summed E-state index contributed by atoms with van der Waals surface area (Å²) in [5.74, 6) is -0.365. The lowest BCUT2D eigenvalue weighted by Crippen LogP contribution is -2.40. The van der Waals surface area contributed by atoms with E-state index in [0.717, 1.165) is 19.3 Å². The van der Waals surface area contributed by atoms with E-state index in [-0.39, 0.29) is 21.6 Å². The molecule has 0 saturated heterocycles. The molecule has 0 aromatic heterocycles. The summed E-state index contributed by atoms with van der Waals surface area (Å²) in [4.78, 5) is 11.8. The maximum absolute atomic E-state index is 12.6. The molecule has 1 saturated carbocycles. The SMILES string of the molecule is COC(=O)c1ccc2c(c1)S(=O)(=O)CC1(CCC1)CN2. The lowest BCUT2D eigenvalue weighted by molar-refractivity contribution is 0.0600. The van der Waals surface area contributed by atoms with E-state index in [4.69, 9.17) is 0 Å². The third kappa shape index (κ3) is 2.08. The van der Waals surface area contributed by atoms with Crippen molar-refractivity contribution in [3.63, 3.8) is 0 Å². The molecule has 20 heavy (non-hydrogen) atoms. The molecule has 0 atom stereocenters. The zero-order valence-corrected chi connectivity index (χ0v) is 12.1. The maximum atomic E-state index is 12.6. The van der Waals surface area contributed by atoms with Crippen LogP contribution in [0, 0.1) is 5.41 Å². The molecular formula is C14H17NO4S. The van der Waals surface area contributed by atoms with Crippen LogP contribution in [0.2, 0.25) is 0 Å². The van der Waals surface area contributed by atoms with Gasteiger partial charge in [0.1, 0.15) is 0 Å². The predicted molar refractivity (Wildman–Crippen MR) is 74.6 cm³/mol. The molecule has 6 heteroatoms. The molecule has 108 valence electrons. The summed E-state index contributed by atoms with van der Waals surface area (Å²) < 4.78 is 29.8. The summed E-state index contributed by atoms with van der Waals surface area (Å²) in [6.45, 7) is 0.677. The Labute approximate surface area is 118 Å². The van der Waals surface area contributed by atoms with Gasteiger partial charge in [0.15, 0.2) is 9.84 Å². The fourth-order valence-corrected chi connectivity index (χ4v) is 5.12. The average molecular weight is 295 g/mol. The number of esters is 1. The number of hydrogen-bond acceptors (Lipinski definition) is 5. The van der Waals surface area contributed by atoms with Crippen molar-refractivity contribution in [1.29, 1.82) is 0 Å². The first kappa shape index (κ1) is 13.4. The number of ether oxygens (including phenoxy) is 1. The van der Waals surface area contributed by atoms with Crippen molar-refractivity contribution in [1.82, 2.24) is 0 Å². The Kier molecular flexibility index (Phi) is 3.01. The molecule has 1 aliphatic heterocycles. The van der Waals surface area contributed by atoms with Crippen LogP contribution >= 0.6 is 0 Å². The van der Waals surface area contributed by atoms with Gasteiger partial charge in [-0.05, 0) is 31.0 Å². The highest BCUT2D eigenvalue weighted by molar-refractivity contribution is 7.91. The smallest absolute Gasteiger partial charge is 0.337 e. The molecule has 0 amide bonds. The van der Waals surface area contributed by atoms with Gasteiger partial charge in [0, 0.05) is 12.0 Å². The van der Waals surface area contributed by atoms with Crippen LogP contribution in [-0.4, -0.2) is 33.8 Å². The highest BCUT2D eigenvalue weighted by atomic mass is 32.2. The minimum atomic E-state index is -3.38. The van der Waals surface area contributed by atoms with E-state index in [1.807, 2.05) is 0 Å².